The molecule has 0 heteroatoms. The van der Waals surface area contributed by atoms with Gasteiger partial charge in [0, 0.05) is 11.1 Å². The number of benzene rings is 3. The van der Waals surface area contributed by atoms with Crippen molar-refractivity contribution in [2.75, 3.05) is 0 Å². The van der Waals surface area contributed by atoms with Gasteiger partial charge in [-0.1, -0.05) is 131 Å². The van der Waals surface area contributed by atoms with Crippen LogP contribution in [0.3, 0.4) is 0 Å². The molecule has 0 aliphatic carbocycles. The Balaban J connectivity index is 2.22. The van der Waals surface area contributed by atoms with Crippen molar-refractivity contribution in [2.24, 2.45) is 0 Å². The van der Waals surface area contributed by atoms with E-state index in [1.54, 1.807) is 0 Å². The predicted molar refractivity (Wildman–Crippen MR) is 159 cm³/mol. The third-order valence-electron chi connectivity index (χ3n) is 6.95. The van der Waals surface area contributed by atoms with Crippen molar-refractivity contribution >= 4 is 0 Å². The van der Waals surface area contributed by atoms with Crippen LogP contribution in [0.5, 0.6) is 0 Å². The van der Waals surface area contributed by atoms with E-state index in [9.17, 15) is 0 Å². The third kappa shape index (κ3) is 6.70. The van der Waals surface area contributed by atoms with E-state index in [1.807, 2.05) is 0 Å². The van der Waals surface area contributed by atoms with Crippen LogP contribution in [0.1, 0.15) is 116 Å². The molecule has 0 aliphatic heterocycles. The van der Waals surface area contributed by atoms with Crippen molar-refractivity contribution in [1.82, 2.24) is 0 Å². The van der Waals surface area contributed by atoms with Crippen LogP contribution in [0.25, 0.3) is 11.1 Å². The summed E-state index contributed by atoms with van der Waals surface area (Å²) in [6, 6.07) is 22.7. The molecule has 0 radical (unpaired) electrons. The highest BCUT2D eigenvalue weighted by molar-refractivity contribution is 5.74. The molecule has 0 spiro atoms. The van der Waals surface area contributed by atoms with Crippen LogP contribution in [-0.2, 0) is 21.7 Å². The normalized spacial score (nSPS) is 12.8. The summed E-state index contributed by atoms with van der Waals surface area (Å²) in [4.78, 5) is 0. The SMILES string of the molecule is CC(C)(C)c1ccc(C#Cc2ccc(C(C)(C)C)cc2-c2cc(C(C)(C)C)cc(C(C)(C)C)c2)cc1. The van der Waals surface area contributed by atoms with Gasteiger partial charge in [0.2, 0.25) is 0 Å². The Morgan fingerprint density at radius 3 is 1.31 bits per heavy atom. The minimum absolute atomic E-state index is 0.0675. The van der Waals surface area contributed by atoms with Gasteiger partial charge in [0.15, 0.2) is 0 Å². The Labute approximate surface area is 221 Å². The Hall–Kier alpha value is -2.78. The Bertz CT molecular complexity index is 1240. The highest BCUT2D eigenvalue weighted by Crippen LogP contribution is 2.36. The largest absolute Gasteiger partial charge is 0.0616 e. The molecule has 190 valence electrons. The maximum absolute atomic E-state index is 3.53. The van der Waals surface area contributed by atoms with E-state index >= 15 is 0 Å². The highest BCUT2D eigenvalue weighted by atomic mass is 14.3. The van der Waals surface area contributed by atoms with Crippen molar-refractivity contribution in [1.29, 1.82) is 0 Å². The number of hydrogen-bond acceptors (Lipinski definition) is 0. The van der Waals surface area contributed by atoms with E-state index in [4.69, 9.17) is 0 Å². The molecular formula is C36H46. The molecule has 0 amide bonds. The van der Waals surface area contributed by atoms with Crippen molar-refractivity contribution in [3.63, 3.8) is 0 Å². The lowest BCUT2D eigenvalue weighted by Crippen LogP contribution is -2.16. The fourth-order valence-electron chi connectivity index (χ4n) is 4.20. The minimum atomic E-state index is 0.0675. The van der Waals surface area contributed by atoms with Gasteiger partial charge >= 0.3 is 0 Å². The van der Waals surface area contributed by atoms with Crippen LogP contribution < -0.4 is 0 Å². The van der Waals surface area contributed by atoms with E-state index in [1.165, 1.54) is 33.4 Å². The summed E-state index contributed by atoms with van der Waals surface area (Å²) in [7, 11) is 0. The monoisotopic (exact) mass is 478 g/mol. The maximum atomic E-state index is 3.53. The average molecular weight is 479 g/mol. The lowest BCUT2D eigenvalue weighted by atomic mass is 9.78. The fraction of sp³-hybridized carbons (Fsp3) is 0.444. The summed E-state index contributed by atoms with van der Waals surface area (Å²) >= 11 is 0. The van der Waals surface area contributed by atoms with Gasteiger partial charge in [0.1, 0.15) is 0 Å². The molecule has 0 unspecified atom stereocenters. The molecule has 0 aromatic heterocycles. The van der Waals surface area contributed by atoms with Crippen molar-refractivity contribution < 1.29 is 0 Å². The molecule has 0 aliphatic rings. The van der Waals surface area contributed by atoms with Gasteiger partial charge in [-0.3, -0.25) is 0 Å². The molecule has 3 rings (SSSR count). The zero-order valence-electron chi connectivity index (χ0n) is 24.8. The molecular weight excluding hydrogens is 432 g/mol. The zero-order chi connectivity index (χ0) is 27.1. The second-order valence-corrected chi connectivity index (χ2v) is 14.4. The number of rotatable bonds is 1. The molecule has 3 aromatic rings. The van der Waals surface area contributed by atoms with Gasteiger partial charge in [0.25, 0.3) is 0 Å². The van der Waals surface area contributed by atoms with E-state index in [0.29, 0.717) is 0 Å². The Morgan fingerprint density at radius 1 is 0.417 bits per heavy atom. The van der Waals surface area contributed by atoms with Crippen molar-refractivity contribution in [3.05, 3.63) is 94.0 Å². The smallest absolute Gasteiger partial charge is 0.0327 e. The second-order valence-electron chi connectivity index (χ2n) is 14.4. The first-order chi connectivity index (χ1) is 16.4. The second kappa shape index (κ2) is 9.59. The predicted octanol–water partition coefficient (Wildman–Crippen LogP) is 9.94. The molecule has 0 bridgehead atoms. The van der Waals surface area contributed by atoms with Gasteiger partial charge in [-0.25, -0.2) is 0 Å². The van der Waals surface area contributed by atoms with E-state index < -0.39 is 0 Å². The molecule has 0 saturated heterocycles. The summed E-state index contributed by atoms with van der Waals surface area (Å²) < 4.78 is 0. The van der Waals surface area contributed by atoms with Crippen molar-refractivity contribution in [2.45, 2.75) is 105 Å². The van der Waals surface area contributed by atoms with Crippen LogP contribution in [0, 0.1) is 11.8 Å². The van der Waals surface area contributed by atoms with Crippen molar-refractivity contribution in [3.8, 4) is 23.0 Å². The van der Waals surface area contributed by atoms with Gasteiger partial charge in [-0.2, -0.15) is 0 Å². The minimum Gasteiger partial charge on any atom is -0.0616 e. The van der Waals surface area contributed by atoms with E-state index in [0.717, 1.165) is 11.1 Å². The third-order valence-corrected chi connectivity index (χ3v) is 6.95. The highest BCUT2D eigenvalue weighted by Gasteiger charge is 2.22. The summed E-state index contributed by atoms with van der Waals surface area (Å²) in [6.07, 6.45) is 0. The van der Waals surface area contributed by atoms with Gasteiger partial charge in [-0.15, -0.1) is 0 Å². The van der Waals surface area contributed by atoms with Crippen LogP contribution in [0.4, 0.5) is 0 Å². The molecule has 0 N–H and O–H groups in total. The fourth-order valence-corrected chi connectivity index (χ4v) is 4.20. The van der Waals surface area contributed by atoms with Gasteiger partial charge in [0.05, 0.1) is 0 Å². The first-order valence-electron chi connectivity index (χ1n) is 13.3. The molecule has 0 atom stereocenters. The molecule has 0 heterocycles. The average Bonchev–Trinajstić information content (AvgIpc) is 2.75. The topological polar surface area (TPSA) is 0 Å². The maximum Gasteiger partial charge on any atom is 0.0327 e. The quantitative estimate of drug-likeness (QED) is 0.305. The van der Waals surface area contributed by atoms with Crippen LogP contribution in [0.15, 0.2) is 60.7 Å². The standard InChI is InChI=1S/C36H46/c1-33(2,3)28-18-14-25(15-19-28)13-16-26-17-20-29(34(4,5)6)24-32(26)27-21-30(35(7,8)9)23-31(22-27)36(10,11)12/h14-15,17-24H,1-12H3. The summed E-state index contributed by atoms with van der Waals surface area (Å²) in [6.45, 7) is 27.4. The Kier molecular flexibility index (Phi) is 7.41. The van der Waals surface area contributed by atoms with Crippen LogP contribution >= 0.6 is 0 Å². The lowest BCUT2D eigenvalue weighted by Gasteiger charge is -2.27. The summed E-state index contributed by atoms with van der Waals surface area (Å²) in [5, 5.41) is 0. The van der Waals surface area contributed by atoms with Gasteiger partial charge < -0.3 is 0 Å². The molecule has 0 fully saturated rings. The van der Waals surface area contributed by atoms with Gasteiger partial charge in [-0.05, 0) is 79.3 Å². The molecule has 3 aromatic carbocycles. The van der Waals surface area contributed by atoms with Crippen LogP contribution in [-0.4, -0.2) is 0 Å². The zero-order valence-corrected chi connectivity index (χ0v) is 24.8. The lowest BCUT2D eigenvalue weighted by molar-refractivity contribution is 0.569. The summed E-state index contributed by atoms with van der Waals surface area (Å²) in [5.74, 6) is 6.98. The summed E-state index contributed by atoms with van der Waals surface area (Å²) in [5.41, 5.74) is 10.3. The van der Waals surface area contributed by atoms with E-state index in [-0.39, 0.29) is 21.7 Å². The first kappa shape index (κ1) is 27.8. The number of hydrogen-bond donors (Lipinski definition) is 0. The van der Waals surface area contributed by atoms with Crippen LogP contribution in [0.2, 0.25) is 0 Å². The molecule has 0 saturated carbocycles. The molecule has 0 nitrogen and oxygen atoms in total. The molecule has 36 heavy (non-hydrogen) atoms. The first-order valence-corrected chi connectivity index (χ1v) is 13.3. The Morgan fingerprint density at radius 2 is 0.861 bits per heavy atom. The van der Waals surface area contributed by atoms with E-state index in [2.05, 4.69) is 156 Å².